The molecule has 0 aliphatic carbocycles. The van der Waals surface area contributed by atoms with E-state index in [4.69, 9.17) is 5.11 Å². The van der Waals surface area contributed by atoms with Crippen molar-refractivity contribution in [3.8, 4) is 0 Å². The molecule has 0 atom stereocenters. The number of unbranched alkanes of at least 4 members (excludes halogenated alkanes) is 12. The SMILES string of the molecule is C=COC(C)=O.CCCCCCCCCCCCCCCC(=O)O. The Morgan fingerprint density at radius 3 is 1.46 bits per heavy atom. The van der Waals surface area contributed by atoms with Crippen LogP contribution < -0.4 is 0 Å². The number of ether oxygens (including phenoxy) is 1. The third-order valence-corrected chi connectivity index (χ3v) is 3.74. The second kappa shape index (κ2) is 21.7. The van der Waals surface area contributed by atoms with Crippen LogP contribution in [-0.2, 0) is 14.3 Å². The van der Waals surface area contributed by atoms with Crippen LogP contribution >= 0.6 is 0 Å². The molecule has 0 aliphatic heterocycles. The minimum Gasteiger partial charge on any atom is -0.481 e. The van der Waals surface area contributed by atoms with Crippen LogP contribution in [0.25, 0.3) is 0 Å². The van der Waals surface area contributed by atoms with E-state index in [9.17, 15) is 9.59 Å². The molecule has 0 bridgehead atoms. The molecule has 142 valence electrons. The lowest BCUT2D eigenvalue weighted by Crippen LogP contribution is -1.93. The molecule has 0 aliphatic rings. The zero-order valence-corrected chi connectivity index (χ0v) is 15.9. The number of rotatable bonds is 15. The quantitative estimate of drug-likeness (QED) is 0.217. The summed E-state index contributed by atoms with van der Waals surface area (Å²) in [6.45, 7) is 6.74. The van der Waals surface area contributed by atoms with Gasteiger partial charge in [-0.3, -0.25) is 9.59 Å². The normalized spacial score (nSPS) is 9.75. The molecule has 0 amide bonds. The van der Waals surface area contributed by atoms with Crippen molar-refractivity contribution in [3.63, 3.8) is 0 Å². The van der Waals surface area contributed by atoms with Crippen LogP contribution in [0.5, 0.6) is 0 Å². The highest BCUT2D eigenvalue weighted by Gasteiger charge is 1.96. The van der Waals surface area contributed by atoms with Crippen LogP contribution in [0, 0.1) is 0 Å². The van der Waals surface area contributed by atoms with Crippen molar-refractivity contribution in [2.75, 3.05) is 0 Å². The molecule has 0 aromatic rings. The zero-order valence-electron chi connectivity index (χ0n) is 15.9. The first-order valence-corrected chi connectivity index (χ1v) is 9.54. The van der Waals surface area contributed by atoms with Gasteiger partial charge in [-0.15, -0.1) is 0 Å². The predicted molar refractivity (Wildman–Crippen MR) is 99.9 cm³/mol. The Kier molecular flexibility index (Phi) is 22.5. The van der Waals surface area contributed by atoms with E-state index in [1.807, 2.05) is 0 Å². The molecule has 0 fully saturated rings. The van der Waals surface area contributed by atoms with Gasteiger partial charge in [0.2, 0.25) is 0 Å². The van der Waals surface area contributed by atoms with E-state index >= 15 is 0 Å². The molecule has 0 aromatic heterocycles. The summed E-state index contributed by atoms with van der Waals surface area (Å²) >= 11 is 0. The summed E-state index contributed by atoms with van der Waals surface area (Å²) in [7, 11) is 0. The highest BCUT2D eigenvalue weighted by molar-refractivity contribution is 5.66. The molecule has 0 unspecified atom stereocenters. The standard InChI is InChI=1S/C16H32O2.C4H6O2/c1-2-3-4-5-6-7-8-9-10-11-12-13-14-15-16(17)18;1-3-6-4(2)5/h2-15H2,1H3,(H,17,18);3H,1H2,2H3. The van der Waals surface area contributed by atoms with E-state index in [-0.39, 0.29) is 5.97 Å². The monoisotopic (exact) mass is 342 g/mol. The third-order valence-electron chi connectivity index (χ3n) is 3.74. The van der Waals surface area contributed by atoms with Gasteiger partial charge in [0.05, 0.1) is 6.26 Å². The lowest BCUT2D eigenvalue weighted by molar-refractivity contribution is -0.137. The van der Waals surface area contributed by atoms with Gasteiger partial charge in [0, 0.05) is 13.3 Å². The molecule has 0 saturated heterocycles. The number of hydrogen-bond donors (Lipinski definition) is 1. The molecule has 0 heterocycles. The third kappa shape index (κ3) is 28.8. The van der Waals surface area contributed by atoms with Crippen LogP contribution in [0.1, 0.15) is 104 Å². The van der Waals surface area contributed by atoms with Crippen molar-refractivity contribution in [3.05, 3.63) is 12.8 Å². The van der Waals surface area contributed by atoms with Gasteiger partial charge in [-0.1, -0.05) is 90.6 Å². The molecular formula is C20H38O4. The Labute approximate surface area is 148 Å². The molecule has 0 saturated carbocycles. The molecule has 4 heteroatoms. The van der Waals surface area contributed by atoms with E-state index < -0.39 is 5.97 Å². The van der Waals surface area contributed by atoms with Gasteiger partial charge in [0.25, 0.3) is 0 Å². The van der Waals surface area contributed by atoms with Gasteiger partial charge in [0.1, 0.15) is 0 Å². The molecule has 4 nitrogen and oxygen atoms in total. The van der Waals surface area contributed by atoms with E-state index in [0.29, 0.717) is 6.42 Å². The summed E-state index contributed by atoms with van der Waals surface area (Å²) < 4.78 is 4.17. The number of carboxylic acids is 1. The van der Waals surface area contributed by atoms with Crippen LogP contribution in [0.3, 0.4) is 0 Å². The van der Waals surface area contributed by atoms with Crippen LogP contribution in [0.15, 0.2) is 12.8 Å². The van der Waals surface area contributed by atoms with E-state index in [1.165, 1.54) is 77.6 Å². The average molecular weight is 343 g/mol. The number of carboxylic acid groups (broad SMARTS) is 1. The molecule has 1 N–H and O–H groups in total. The maximum atomic E-state index is 10.3. The fourth-order valence-corrected chi connectivity index (χ4v) is 2.41. The molecule has 0 aromatic carbocycles. The Hall–Kier alpha value is -1.32. The lowest BCUT2D eigenvalue weighted by Gasteiger charge is -2.02. The second-order valence-corrected chi connectivity index (χ2v) is 6.16. The van der Waals surface area contributed by atoms with Crippen molar-refractivity contribution in [1.29, 1.82) is 0 Å². The smallest absolute Gasteiger partial charge is 0.307 e. The maximum Gasteiger partial charge on any atom is 0.307 e. The van der Waals surface area contributed by atoms with Gasteiger partial charge in [-0.2, -0.15) is 0 Å². The van der Waals surface area contributed by atoms with Crippen molar-refractivity contribution < 1.29 is 19.4 Å². The molecule has 0 radical (unpaired) electrons. The van der Waals surface area contributed by atoms with Gasteiger partial charge in [-0.05, 0) is 6.42 Å². The summed E-state index contributed by atoms with van der Waals surface area (Å²) in [5.41, 5.74) is 0. The average Bonchev–Trinajstić information content (AvgIpc) is 2.52. The summed E-state index contributed by atoms with van der Waals surface area (Å²) in [5.74, 6) is -0.983. The van der Waals surface area contributed by atoms with E-state index in [1.54, 1.807) is 0 Å². The van der Waals surface area contributed by atoms with Gasteiger partial charge < -0.3 is 9.84 Å². The lowest BCUT2D eigenvalue weighted by atomic mass is 10.0. The van der Waals surface area contributed by atoms with Crippen LogP contribution in [0.2, 0.25) is 0 Å². The Balaban J connectivity index is 0. The van der Waals surface area contributed by atoms with Crippen molar-refractivity contribution in [1.82, 2.24) is 0 Å². The topological polar surface area (TPSA) is 63.6 Å². The minimum absolute atomic E-state index is 0.329. The Morgan fingerprint density at radius 2 is 1.21 bits per heavy atom. The first kappa shape index (κ1) is 24.9. The van der Waals surface area contributed by atoms with E-state index in [0.717, 1.165) is 19.1 Å². The molecule has 0 rings (SSSR count). The Bertz CT molecular complexity index is 300. The first-order valence-electron chi connectivity index (χ1n) is 9.54. The van der Waals surface area contributed by atoms with Crippen LogP contribution in [0.4, 0.5) is 0 Å². The Morgan fingerprint density at radius 1 is 0.833 bits per heavy atom. The minimum atomic E-state index is -0.655. The predicted octanol–water partition coefficient (Wildman–Crippen LogP) is 6.25. The van der Waals surface area contributed by atoms with Crippen molar-refractivity contribution in [2.45, 2.75) is 104 Å². The zero-order chi connectivity index (χ0) is 18.5. The van der Waals surface area contributed by atoms with Crippen molar-refractivity contribution in [2.24, 2.45) is 0 Å². The fourth-order valence-electron chi connectivity index (χ4n) is 2.41. The van der Waals surface area contributed by atoms with Gasteiger partial charge in [-0.25, -0.2) is 0 Å². The van der Waals surface area contributed by atoms with E-state index in [2.05, 4.69) is 18.2 Å². The highest BCUT2D eigenvalue weighted by Crippen LogP contribution is 2.12. The summed E-state index contributed by atoms with van der Waals surface area (Å²) in [6.07, 6.45) is 18.4. The fraction of sp³-hybridized carbons (Fsp3) is 0.800. The highest BCUT2D eigenvalue weighted by atomic mass is 16.5. The van der Waals surface area contributed by atoms with Gasteiger partial charge >= 0.3 is 11.9 Å². The van der Waals surface area contributed by atoms with Crippen molar-refractivity contribution >= 4 is 11.9 Å². The number of carbonyl (C=O) groups excluding carboxylic acids is 1. The molecule has 0 spiro atoms. The summed E-state index contributed by atoms with van der Waals surface area (Å²) in [6, 6.07) is 0. The number of carbonyl (C=O) groups is 2. The first-order chi connectivity index (χ1) is 11.5. The van der Waals surface area contributed by atoms with Gasteiger partial charge in [0.15, 0.2) is 0 Å². The number of aliphatic carboxylic acids is 1. The summed E-state index contributed by atoms with van der Waals surface area (Å²) in [4.78, 5) is 20.1. The number of esters is 1. The largest absolute Gasteiger partial charge is 0.481 e. The molecule has 24 heavy (non-hydrogen) atoms. The summed E-state index contributed by atoms with van der Waals surface area (Å²) in [5, 5.41) is 8.49. The second-order valence-electron chi connectivity index (χ2n) is 6.16. The number of hydrogen-bond acceptors (Lipinski definition) is 3. The maximum absolute atomic E-state index is 10.3. The molecular weight excluding hydrogens is 304 g/mol. The van der Waals surface area contributed by atoms with Crippen LogP contribution in [-0.4, -0.2) is 17.0 Å².